The van der Waals surface area contributed by atoms with Crippen LogP contribution in [0.25, 0.3) is 0 Å². The zero-order valence-electron chi connectivity index (χ0n) is 14.1. The number of hydrogen-bond acceptors (Lipinski definition) is 6. The molecule has 0 saturated heterocycles. The van der Waals surface area contributed by atoms with Crippen molar-refractivity contribution in [3.8, 4) is 0 Å². The highest BCUT2D eigenvalue weighted by Crippen LogP contribution is 2.42. The van der Waals surface area contributed by atoms with Crippen molar-refractivity contribution in [2.45, 2.75) is 37.5 Å². The first-order valence-corrected chi connectivity index (χ1v) is 10.6. The number of rotatable bonds is 8. The fraction of sp³-hybridized carbons (Fsp3) is 0.375. The van der Waals surface area contributed by atoms with Gasteiger partial charge < -0.3 is 9.08 Å². The summed E-state index contributed by atoms with van der Waals surface area (Å²) in [5.74, 6) is -0.146. The molecule has 0 spiro atoms. The molecule has 1 fully saturated rings. The second kappa shape index (κ2) is 8.29. The maximum Gasteiger partial charge on any atom is 0.302 e. The standard InChI is InChI=1S/C16H16ClNO7S2/c1-8(25-27(22)23)14-10(4-5-13(17)12(14)7-26(20)21)15(19)11-6-18-24-16(11)9-2-3-9/h4-6,8-9H,2-3,7H2,1H3,(H,20,21)(H,22,23). The van der Waals surface area contributed by atoms with Crippen LogP contribution in [0.3, 0.4) is 0 Å². The van der Waals surface area contributed by atoms with Crippen LogP contribution in [-0.4, -0.2) is 28.5 Å². The molecule has 11 heteroatoms. The van der Waals surface area contributed by atoms with Crippen LogP contribution in [0.15, 0.2) is 22.9 Å². The largest absolute Gasteiger partial charge is 0.360 e. The Kier molecular flexibility index (Phi) is 6.24. The van der Waals surface area contributed by atoms with Gasteiger partial charge in [-0.1, -0.05) is 16.8 Å². The van der Waals surface area contributed by atoms with Crippen molar-refractivity contribution in [1.82, 2.24) is 5.16 Å². The third kappa shape index (κ3) is 4.53. The van der Waals surface area contributed by atoms with Crippen molar-refractivity contribution in [3.63, 3.8) is 0 Å². The minimum Gasteiger partial charge on any atom is -0.360 e. The van der Waals surface area contributed by atoms with Crippen LogP contribution in [-0.2, 0) is 32.4 Å². The molecule has 2 aromatic rings. The Bertz CT molecular complexity index is 925. The Hall–Kier alpha value is -1.43. The van der Waals surface area contributed by atoms with Gasteiger partial charge in [-0.2, -0.15) is 4.21 Å². The number of carbonyl (C=O) groups excluding carboxylic acids is 1. The first kappa shape index (κ1) is 20.3. The van der Waals surface area contributed by atoms with E-state index in [4.69, 9.17) is 24.9 Å². The SMILES string of the molecule is CC(OS(=O)O)c1c(C(=O)c2cnoc2C2CC2)ccc(Cl)c1CS(=O)O. The van der Waals surface area contributed by atoms with Gasteiger partial charge in [0.2, 0.25) is 0 Å². The van der Waals surface area contributed by atoms with Gasteiger partial charge in [-0.3, -0.25) is 13.5 Å². The lowest BCUT2D eigenvalue weighted by Gasteiger charge is -2.19. The molecule has 27 heavy (non-hydrogen) atoms. The quantitative estimate of drug-likeness (QED) is 0.479. The van der Waals surface area contributed by atoms with Gasteiger partial charge in [0, 0.05) is 16.5 Å². The van der Waals surface area contributed by atoms with Gasteiger partial charge >= 0.3 is 11.4 Å². The Balaban J connectivity index is 2.13. The summed E-state index contributed by atoms with van der Waals surface area (Å²) in [6.45, 7) is 1.45. The molecule has 2 N–H and O–H groups in total. The van der Waals surface area contributed by atoms with E-state index < -0.39 is 34.3 Å². The lowest BCUT2D eigenvalue weighted by Crippen LogP contribution is -2.15. The van der Waals surface area contributed by atoms with Crippen molar-refractivity contribution in [3.05, 3.63) is 51.4 Å². The zero-order valence-corrected chi connectivity index (χ0v) is 16.5. The lowest BCUT2D eigenvalue weighted by molar-refractivity contribution is 0.103. The molecule has 1 aromatic carbocycles. The molecule has 1 aromatic heterocycles. The average Bonchev–Trinajstić information content (AvgIpc) is 3.31. The number of halogens is 1. The normalized spacial score (nSPS) is 17.5. The predicted octanol–water partition coefficient (Wildman–Crippen LogP) is 3.37. The van der Waals surface area contributed by atoms with Crippen molar-refractivity contribution >= 4 is 39.8 Å². The monoisotopic (exact) mass is 433 g/mol. The number of hydrogen-bond donors (Lipinski definition) is 2. The molecule has 0 bridgehead atoms. The van der Waals surface area contributed by atoms with Crippen LogP contribution in [0.4, 0.5) is 0 Å². The van der Waals surface area contributed by atoms with Crippen LogP contribution in [0.5, 0.6) is 0 Å². The molecule has 1 aliphatic rings. The van der Waals surface area contributed by atoms with E-state index in [2.05, 4.69) is 5.16 Å². The van der Waals surface area contributed by atoms with Crippen molar-refractivity contribution in [2.75, 3.05) is 0 Å². The molecule has 3 unspecified atom stereocenters. The molecule has 1 heterocycles. The number of carbonyl (C=O) groups is 1. The van der Waals surface area contributed by atoms with E-state index in [0.29, 0.717) is 5.76 Å². The molecule has 1 saturated carbocycles. The van der Waals surface area contributed by atoms with Crippen molar-refractivity contribution in [2.24, 2.45) is 0 Å². The van der Waals surface area contributed by atoms with Crippen molar-refractivity contribution < 1.29 is 31.0 Å². The van der Waals surface area contributed by atoms with Crippen LogP contribution in [0, 0.1) is 0 Å². The maximum absolute atomic E-state index is 13.1. The summed E-state index contributed by atoms with van der Waals surface area (Å²) in [4.78, 5) is 13.1. The minimum atomic E-state index is -2.61. The molecule has 3 rings (SSSR count). The highest BCUT2D eigenvalue weighted by atomic mass is 35.5. The summed E-state index contributed by atoms with van der Waals surface area (Å²) < 4.78 is 51.0. The first-order chi connectivity index (χ1) is 12.8. The van der Waals surface area contributed by atoms with Crippen LogP contribution < -0.4 is 0 Å². The summed E-state index contributed by atoms with van der Waals surface area (Å²) in [7, 11) is 0. The first-order valence-electron chi connectivity index (χ1n) is 7.95. The summed E-state index contributed by atoms with van der Waals surface area (Å²) in [6.07, 6.45) is 2.10. The second-order valence-corrected chi connectivity index (χ2v) is 8.08. The van der Waals surface area contributed by atoms with Gasteiger partial charge in [0.1, 0.15) is 6.10 Å². The summed E-state index contributed by atoms with van der Waals surface area (Å²) in [6, 6.07) is 2.89. The second-order valence-electron chi connectivity index (χ2n) is 6.12. The molecule has 8 nitrogen and oxygen atoms in total. The number of nitrogens with zero attached hydrogens (tertiary/aromatic N) is 1. The Morgan fingerprint density at radius 3 is 2.67 bits per heavy atom. The Morgan fingerprint density at radius 2 is 2.07 bits per heavy atom. The number of ketones is 1. The van der Waals surface area contributed by atoms with Crippen LogP contribution >= 0.6 is 11.6 Å². The van der Waals surface area contributed by atoms with Gasteiger partial charge in [-0.15, -0.1) is 0 Å². The smallest absolute Gasteiger partial charge is 0.302 e. The Morgan fingerprint density at radius 1 is 1.37 bits per heavy atom. The van der Waals surface area contributed by atoms with E-state index in [0.717, 1.165) is 12.8 Å². The highest BCUT2D eigenvalue weighted by molar-refractivity contribution is 7.78. The summed E-state index contributed by atoms with van der Waals surface area (Å²) in [5, 5.41) is 3.86. The summed E-state index contributed by atoms with van der Waals surface area (Å²) >= 11 is 1.31. The minimum absolute atomic E-state index is 0.142. The van der Waals surface area contributed by atoms with Gasteiger partial charge in [0.05, 0.1) is 17.5 Å². The highest BCUT2D eigenvalue weighted by Gasteiger charge is 2.34. The molecule has 0 radical (unpaired) electrons. The number of benzene rings is 1. The lowest BCUT2D eigenvalue weighted by atomic mass is 9.92. The molecule has 1 aliphatic carbocycles. The van der Waals surface area contributed by atoms with Crippen LogP contribution in [0.1, 0.15) is 64.6 Å². The van der Waals surface area contributed by atoms with Crippen LogP contribution in [0.2, 0.25) is 5.02 Å². The predicted molar refractivity (Wildman–Crippen MR) is 98.1 cm³/mol. The number of aromatic nitrogens is 1. The fourth-order valence-electron chi connectivity index (χ4n) is 2.95. The summed E-state index contributed by atoms with van der Waals surface area (Å²) in [5.41, 5.74) is 0.809. The maximum atomic E-state index is 13.1. The molecule has 0 aliphatic heterocycles. The van der Waals surface area contributed by atoms with E-state index >= 15 is 0 Å². The molecule has 0 amide bonds. The van der Waals surface area contributed by atoms with E-state index in [9.17, 15) is 17.8 Å². The molecule has 3 atom stereocenters. The third-order valence-electron chi connectivity index (χ3n) is 4.24. The van der Waals surface area contributed by atoms with Gasteiger partial charge in [-0.05, 0) is 43.0 Å². The van der Waals surface area contributed by atoms with E-state index in [1.54, 1.807) is 0 Å². The molecular formula is C16H16ClNO7S2. The van der Waals surface area contributed by atoms with Gasteiger partial charge in [0.15, 0.2) is 22.6 Å². The van der Waals surface area contributed by atoms with Gasteiger partial charge in [-0.25, -0.2) is 4.21 Å². The van der Waals surface area contributed by atoms with E-state index in [-0.39, 0.29) is 38.9 Å². The fourth-order valence-corrected chi connectivity index (χ4v) is 4.16. The van der Waals surface area contributed by atoms with E-state index in [1.807, 2.05) is 0 Å². The van der Waals surface area contributed by atoms with Crippen molar-refractivity contribution in [1.29, 1.82) is 0 Å². The zero-order chi connectivity index (χ0) is 19.7. The molecular weight excluding hydrogens is 418 g/mol. The topological polar surface area (TPSA) is 127 Å². The molecule has 146 valence electrons. The van der Waals surface area contributed by atoms with E-state index in [1.165, 1.54) is 25.3 Å². The third-order valence-corrected chi connectivity index (χ3v) is 5.58. The Labute approximate surface area is 165 Å². The average molecular weight is 434 g/mol. The van der Waals surface area contributed by atoms with Gasteiger partial charge in [0.25, 0.3) is 0 Å².